The van der Waals surface area contributed by atoms with E-state index >= 15 is 0 Å². The lowest BCUT2D eigenvalue weighted by molar-refractivity contribution is -0.0327. The van der Waals surface area contributed by atoms with E-state index in [9.17, 15) is 5.11 Å². The summed E-state index contributed by atoms with van der Waals surface area (Å²) in [7, 11) is 0. The van der Waals surface area contributed by atoms with Crippen molar-refractivity contribution >= 4 is 11.6 Å². The summed E-state index contributed by atoms with van der Waals surface area (Å²) < 4.78 is 6.20. The molecule has 2 nitrogen and oxygen atoms in total. The maximum absolute atomic E-state index is 10.3. The van der Waals surface area contributed by atoms with Gasteiger partial charge in [0, 0.05) is 17.0 Å². The molecule has 1 fully saturated rings. The molecule has 3 rings (SSSR count). The summed E-state index contributed by atoms with van der Waals surface area (Å²) in [5.41, 5.74) is 0.683. The van der Waals surface area contributed by atoms with Crippen molar-refractivity contribution in [1.29, 1.82) is 0 Å². The fourth-order valence-corrected chi connectivity index (χ4v) is 3.12. The van der Waals surface area contributed by atoms with Crippen LogP contribution in [0.5, 0.6) is 5.75 Å². The van der Waals surface area contributed by atoms with Crippen LogP contribution in [0, 0.1) is 5.92 Å². The van der Waals surface area contributed by atoms with E-state index in [-0.39, 0.29) is 5.60 Å². The fraction of sp³-hybridized carbons (Fsp3) is 0.571. The Morgan fingerprint density at radius 3 is 2.88 bits per heavy atom. The Morgan fingerprint density at radius 1 is 1.47 bits per heavy atom. The first kappa shape index (κ1) is 11.4. The molecule has 2 atom stereocenters. The average molecular weight is 253 g/mol. The van der Waals surface area contributed by atoms with Crippen molar-refractivity contribution < 1.29 is 9.84 Å². The minimum absolute atomic E-state index is 0.153. The molecule has 2 aliphatic rings. The van der Waals surface area contributed by atoms with E-state index in [4.69, 9.17) is 16.3 Å². The van der Waals surface area contributed by atoms with Gasteiger partial charge in [0.1, 0.15) is 11.4 Å². The summed E-state index contributed by atoms with van der Waals surface area (Å²) in [6, 6.07) is 5.52. The lowest BCUT2D eigenvalue weighted by Crippen LogP contribution is -2.42. The van der Waals surface area contributed by atoms with Gasteiger partial charge in [-0.3, -0.25) is 0 Å². The zero-order valence-electron chi connectivity index (χ0n) is 9.95. The predicted molar refractivity (Wildman–Crippen MR) is 67.4 cm³/mol. The smallest absolute Gasteiger partial charge is 0.126 e. The normalized spacial score (nSPS) is 31.8. The molecule has 0 bridgehead atoms. The van der Waals surface area contributed by atoms with Crippen LogP contribution < -0.4 is 4.74 Å². The van der Waals surface area contributed by atoms with E-state index in [1.807, 2.05) is 18.2 Å². The molecule has 2 unspecified atom stereocenters. The summed E-state index contributed by atoms with van der Waals surface area (Å²) in [6.07, 6.45) is 3.66. The highest BCUT2D eigenvalue weighted by molar-refractivity contribution is 6.30. The molecule has 0 saturated heterocycles. The van der Waals surface area contributed by atoms with Crippen LogP contribution in [-0.4, -0.2) is 10.7 Å². The Bertz CT molecular complexity index is 442. The van der Waals surface area contributed by atoms with Crippen molar-refractivity contribution in [2.75, 3.05) is 0 Å². The van der Waals surface area contributed by atoms with E-state index in [1.54, 1.807) is 0 Å². The molecule has 1 aliphatic carbocycles. The number of hydrogen-bond donors (Lipinski definition) is 1. The van der Waals surface area contributed by atoms with Crippen LogP contribution in [0.1, 0.15) is 44.3 Å². The molecule has 0 aromatic heterocycles. The standard InChI is InChI=1S/C14H17ClO2/c1-2-14(9-3-4-9)8-12(16)11-7-10(15)5-6-13(11)17-14/h5-7,9,12,16H,2-4,8H2,1H3. The summed E-state index contributed by atoms with van der Waals surface area (Å²) in [6.45, 7) is 2.14. The van der Waals surface area contributed by atoms with Crippen LogP contribution in [0.4, 0.5) is 0 Å². The van der Waals surface area contributed by atoms with Crippen molar-refractivity contribution in [2.45, 2.75) is 44.3 Å². The molecule has 1 aromatic rings. The Balaban J connectivity index is 1.99. The van der Waals surface area contributed by atoms with Gasteiger partial charge in [0.15, 0.2) is 0 Å². The monoisotopic (exact) mass is 252 g/mol. The maximum Gasteiger partial charge on any atom is 0.126 e. The third-order valence-corrected chi connectivity index (χ3v) is 4.34. The number of fused-ring (bicyclic) bond motifs is 1. The molecule has 1 aliphatic heterocycles. The minimum atomic E-state index is -0.446. The van der Waals surface area contributed by atoms with Gasteiger partial charge in [-0.1, -0.05) is 18.5 Å². The number of hydrogen-bond acceptors (Lipinski definition) is 2. The van der Waals surface area contributed by atoms with Crippen LogP contribution in [0.25, 0.3) is 0 Å². The van der Waals surface area contributed by atoms with E-state index in [0.717, 1.165) is 17.7 Å². The number of aliphatic hydroxyl groups excluding tert-OH is 1. The van der Waals surface area contributed by atoms with Gasteiger partial charge >= 0.3 is 0 Å². The number of ether oxygens (including phenoxy) is 1. The predicted octanol–water partition coefficient (Wildman–Crippen LogP) is 3.71. The first-order valence-corrected chi connectivity index (χ1v) is 6.69. The molecule has 1 heterocycles. The van der Waals surface area contributed by atoms with Gasteiger partial charge in [0.25, 0.3) is 0 Å². The van der Waals surface area contributed by atoms with Gasteiger partial charge in [-0.2, -0.15) is 0 Å². The molecule has 0 spiro atoms. The van der Waals surface area contributed by atoms with E-state index in [2.05, 4.69) is 6.92 Å². The molecule has 1 saturated carbocycles. The van der Waals surface area contributed by atoms with Gasteiger partial charge in [-0.15, -0.1) is 0 Å². The van der Waals surface area contributed by atoms with Gasteiger partial charge < -0.3 is 9.84 Å². The summed E-state index contributed by atoms with van der Waals surface area (Å²) in [4.78, 5) is 0. The van der Waals surface area contributed by atoms with Crippen molar-refractivity contribution in [3.63, 3.8) is 0 Å². The van der Waals surface area contributed by atoms with Crippen molar-refractivity contribution in [1.82, 2.24) is 0 Å². The van der Waals surface area contributed by atoms with E-state index in [0.29, 0.717) is 17.4 Å². The van der Waals surface area contributed by atoms with Gasteiger partial charge in [0.2, 0.25) is 0 Å². The highest BCUT2D eigenvalue weighted by atomic mass is 35.5. The summed E-state index contributed by atoms with van der Waals surface area (Å²) in [5.74, 6) is 1.42. The minimum Gasteiger partial charge on any atom is -0.487 e. The van der Waals surface area contributed by atoms with Crippen molar-refractivity contribution in [2.24, 2.45) is 5.92 Å². The van der Waals surface area contributed by atoms with Crippen molar-refractivity contribution in [3.8, 4) is 5.75 Å². The molecule has 0 amide bonds. The number of aliphatic hydroxyl groups is 1. The largest absolute Gasteiger partial charge is 0.487 e. The molecule has 1 N–H and O–H groups in total. The number of rotatable bonds is 2. The fourth-order valence-electron chi connectivity index (χ4n) is 2.94. The zero-order chi connectivity index (χ0) is 12.0. The summed E-state index contributed by atoms with van der Waals surface area (Å²) in [5, 5.41) is 10.9. The topological polar surface area (TPSA) is 29.5 Å². The van der Waals surface area contributed by atoms with Gasteiger partial charge in [0.05, 0.1) is 6.10 Å². The average Bonchev–Trinajstić information content (AvgIpc) is 3.14. The third kappa shape index (κ3) is 1.84. The molecule has 92 valence electrons. The van der Waals surface area contributed by atoms with Crippen LogP contribution in [0.2, 0.25) is 5.02 Å². The van der Waals surface area contributed by atoms with E-state index < -0.39 is 6.10 Å². The lowest BCUT2D eigenvalue weighted by Gasteiger charge is -2.40. The SMILES string of the molecule is CCC1(C2CC2)CC(O)c2cc(Cl)ccc2O1. The zero-order valence-corrected chi connectivity index (χ0v) is 10.7. The second-order valence-electron chi connectivity index (χ2n) is 5.20. The van der Waals surface area contributed by atoms with Crippen LogP contribution in [0.15, 0.2) is 18.2 Å². The maximum atomic E-state index is 10.3. The van der Waals surface area contributed by atoms with Crippen LogP contribution in [0.3, 0.4) is 0 Å². The van der Waals surface area contributed by atoms with E-state index in [1.165, 1.54) is 12.8 Å². The molecular formula is C14H17ClO2. The Kier molecular flexibility index (Phi) is 2.60. The van der Waals surface area contributed by atoms with Crippen LogP contribution >= 0.6 is 11.6 Å². The molecule has 3 heteroatoms. The van der Waals surface area contributed by atoms with Crippen molar-refractivity contribution in [3.05, 3.63) is 28.8 Å². The first-order valence-electron chi connectivity index (χ1n) is 6.31. The molecule has 0 radical (unpaired) electrons. The molecular weight excluding hydrogens is 236 g/mol. The second-order valence-corrected chi connectivity index (χ2v) is 5.63. The Morgan fingerprint density at radius 2 is 2.24 bits per heavy atom. The van der Waals surface area contributed by atoms with Crippen LogP contribution in [-0.2, 0) is 0 Å². The Labute approximate surface area is 107 Å². The third-order valence-electron chi connectivity index (χ3n) is 4.10. The van der Waals surface area contributed by atoms with Gasteiger partial charge in [-0.05, 0) is 43.4 Å². The van der Waals surface area contributed by atoms with Gasteiger partial charge in [-0.25, -0.2) is 0 Å². The summed E-state index contributed by atoms with van der Waals surface area (Å²) >= 11 is 5.96. The highest BCUT2D eigenvalue weighted by Gasteiger charge is 2.49. The molecule has 17 heavy (non-hydrogen) atoms. The number of benzene rings is 1. The number of halogens is 1. The quantitative estimate of drug-likeness (QED) is 0.869. The Hall–Kier alpha value is -0.730. The first-order chi connectivity index (χ1) is 8.14. The lowest BCUT2D eigenvalue weighted by atomic mass is 9.83. The molecule has 1 aromatic carbocycles. The highest BCUT2D eigenvalue weighted by Crippen LogP contribution is 2.52. The second kappa shape index (κ2) is 3.89.